The topological polar surface area (TPSA) is 58.6 Å². The van der Waals surface area contributed by atoms with E-state index in [1.807, 2.05) is 51.1 Å². The molecule has 0 unspecified atom stereocenters. The Morgan fingerprint density at radius 1 is 0.875 bits per heavy atom. The first-order chi connectivity index (χ1) is 15.3. The summed E-state index contributed by atoms with van der Waals surface area (Å²) in [6.07, 6.45) is 0. The fraction of sp³-hybridized carbons (Fsp3) is 0.154. The van der Waals surface area contributed by atoms with Gasteiger partial charge in [-0.25, -0.2) is 4.90 Å². The summed E-state index contributed by atoms with van der Waals surface area (Å²) in [6.45, 7) is 5.82. The number of benzene rings is 3. The molecule has 0 saturated heterocycles. The average Bonchev–Trinajstić information content (AvgIpc) is 3.00. The summed E-state index contributed by atoms with van der Waals surface area (Å²) in [4.78, 5) is 28.4. The number of imide groups is 1. The molecule has 3 aromatic carbocycles. The first-order valence-corrected chi connectivity index (χ1v) is 10.6. The largest absolute Gasteiger partial charge is 0.495 e. The second-order valence-corrected chi connectivity index (χ2v) is 8.18. The maximum Gasteiger partial charge on any atom is 0.282 e. The highest BCUT2D eigenvalue weighted by molar-refractivity contribution is 6.46. The highest BCUT2D eigenvalue weighted by Gasteiger charge is 2.41. The van der Waals surface area contributed by atoms with E-state index in [1.165, 1.54) is 7.11 Å². The normalized spacial score (nSPS) is 13.7. The summed E-state index contributed by atoms with van der Waals surface area (Å²) in [7, 11) is 1.51. The number of hydrogen-bond acceptors (Lipinski definition) is 4. The van der Waals surface area contributed by atoms with Crippen LogP contribution in [-0.2, 0) is 9.59 Å². The summed E-state index contributed by atoms with van der Waals surface area (Å²) in [5, 5.41) is 3.73. The van der Waals surface area contributed by atoms with Crippen LogP contribution in [0, 0.1) is 20.8 Å². The van der Waals surface area contributed by atoms with Crippen LogP contribution in [0.5, 0.6) is 5.75 Å². The Bertz CT molecular complexity index is 1280. The van der Waals surface area contributed by atoms with Gasteiger partial charge >= 0.3 is 0 Å². The van der Waals surface area contributed by atoms with Crippen molar-refractivity contribution in [3.63, 3.8) is 0 Å². The molecule has 0 aromatic heterocycles. The Kier molecular flexibility index (Phi) is 5.76. The van der Waals surface area contributed by atoms with Gasteiger partial charge in [0.2, 0.25) is 0 Å². The van der Waals surface area contributed by atoms with Gasteiger partial charge in [0.05, 0.1) is 18.4 Å². The summed E-state index contributed by atoms with van der Waals surface area (Å²) < 4.78 is 5.41. The number of amides is 2. The molecule has 5 nitrogen and oxygen atoms in total. The van der Waals surface area contributed by atoms with Gasteiger partial charge in [0.15, 0.2) is 0 Å². The predicted octanol–water partition coefficient (Wildman–Crippen LogP) is 5.67. The predicted molar refractivity (Wildman–Crippen MR) is 128 cm³/mol. The fourth-order valence-corrected chi connectivity index (χ4v) is 4.02. The van der Waals surface area contributed by atoms with Gasteiger partial charge in [-0.2, -0.15) is 0 Å². The molecule has 0 atom stereocenters. The number of carbonyl (C=O) groups is 2. The third-order valence-corrected chi connectivity index (χ3v) is 5.91. The van der Waals surface area contributed by atoms with Crippen LogP contribution in [0.25, 0.3) is 5.57 Å². The Labute approximate surface area is 192 Å². The third kappa shape index (κ3) is 3.76. The van der Waals surface area contributed by atoms with Gasteiger partial charge in [0.25, 0.3) is 11.8 Å². The number of nitrogens with one attached hydrogen (secondary N) is 1. The molecule has 1 N–H and O–H groups in total. The molecule has 0 spiro atoms. The van der Waals surface area contributed by atoms with Crippen molar-refractivity contribution in [2.75, 3.05) is 17.3 Å². The number of carbonyl (C=O) groups excluding carboxylic acids is 2. The number of para-hydroxylation sites is 2. The van der Waals surface area contributed by atoms with E-state index in [2.05, 4.69) is 5.32 Å². The van der Waals surface area contributed by atoms with Gasteiger partial charge < -0.3 is 10.1 Å². The van der Waals surface area contributed by atoms with E-state index < -0.39 is 11.8 Å². The molecule has 162 valence electrons. The number of ether oxygens (including phenoxy) is 1. The number of anilines is 2. The lowest BCUT2D eigenvalue weighted by Crippen LogP contribution is -2.32. The summed E-state index contributed by atoms with van der Waals surface area (Å²) in [6, 6.07) is 18.2. The molecule has 4 rings (SSSR count). The van der Waals surface area contributed by atoms with Crippen LogP contribution in [0.3, 0.4) is 0 Å². The quantitative estimate of drug-likeness (QED) is 0.513. The van der Waals surface area contributed by atoms with Crippen molar-refractivity contribution >= 4 is 40.4 Å². The van der Waals surface area contributed by atoms with E-state index in [-0.39, 0.29) is 5.70 Å². The number of hydrogen-bond donors (Lipinski definition) is 1. The van der Waals surface area contributed by atoms with Crippen LogP contribution < -0.4 is 15.0 Å². The lowest BCUT2D eigenvalue weighted by atomic mass is 9.97. The fourth-order valence-electron chi connectivity index (χ4n) is 3.84. The summed E-state index contributed by atoms with van der Waals surface area (Å²) in [5.74, 6) is -0.424. The molecule has 32 heavy (non-hydrogen) atoms. The van der Waals surface area contributed by atoms with Gasteiger partial charge in [0, 0.05) is 10.7 Å². The summed E-state index contributed by atoms with van der Waals surface area (Å²) in [5.41, 5.74) is 5.14. The zero-order valence-corrected chi connectivity index (χ0v) is 19.1. The maximum atomic E-state index is 13.7. The third-order valence-electron chi connectivity index (χ3n) is 5.50. The van der Waals surface area contributed by atoms with Crippen LogP contribution in [-0.4, -0.2) is 18.9 Å². The second-order valence-electron chi connectivity index (χ2n) is 7.77. The van der Waals surface area contributed by atoms with Crippen LogP contribution in [0.15, 0.2) is 66.4 Å². The van der Waals surface area contributed by atoms with E-state index in [4.69, 9.17) is 16.3 Å². The number of aryl methyl sites for hydroxylation is 3. The number of rotatable bonds is 5. The van der Waals surface area contributed by atoms with E-state index in [0.29, 0.717) is 33.3 Å². The minimum absolute atomic E-state index is 0.202. The molecule has 0 aliphatic carbocycles. The van der Waals surface area contributed by atoms with E-state index in [1.54, 1.807) is 30.3 Å². The van der Waals surface area contributed by atoms with Gasteiger partial charge in [-0.3, -0.25) is 9.59 Å². The number of methoxy groups -OCH3 is 1. The van der Waals surface area contributed by atoms with E-state index in [0.717, 1.165) is 21.6 Å². The van der Waals surface area contributed by atoms with Crippen molar-refractivity contribution in [2.45, 2.75) is 20.8 Å². The molecule has 6 heteroatoms. The number of halogens is 1. The first-order valence-electron chi connectivity index (χ1n) is 10.2. The summed E-state index contributed by atoms with van der Waals surface area (Å²) >= 11 is 6.29. The Balaban J connectivity index is 1.88. The van der Waals surface area contributed by atoms with Crippen LogP contribution in [0.4, 0.5) is 11.4 Å². The average molecular weight is 447 g/mol. The minimum Gasteiger partial charge on any atom is -0.495 e. The highest BCUT2D eigenvalue weighted by atomic mass is 35.5. The molecule has 1 aliphatic rings. The van der Waals surface area contributed by atoms with Crippen molar-refractivity contribution in [3.05, 3.63) is 93.6 Å². The van der Waals surface area contributed by atoms with E-state index >= 15 is 0 Å². The van der Waals surface area contributed by atoms with Gasteiger partial charge in [-0.15, -0.1) is 0 Å². The van der Waals surface area contributed by atoms with Crippen molar-refractivity contribution in [2.24, 2.45) is 0 Å². The van der Waals surface area contributed by atoms with Crippen LogP contribution in [0.1, 0.15) is 22.3 Å². The van der Waals surface area contributed by atoms with Crippen LogP contribution in [0.2, 0.25) is 5.02 Å². The molecule has 1 heterocycles. The molecular weight excluding hydrogens is 424 g/mol. The highest BCUT2D eigenvalue weighted by Crippen LogP contribution is 2.38. The molecular formula is C26H23ClN2O3. The Morgan fingerprint density at radius 2 is 1.62 bits per heavy atom. The molecule has 1 aliphatic heterocycles. The van der Waals surface area contributed by atoms with Gasteiger partial charge in [0.1, 0.15) is 11.4 Å². The van der Waals surface area contributed by atoms with Crippen molar-refractivity contribution in [3.8, 4) is 5.75 Å². The van der Waals surface area contributed by atoms with Gasteiger partial charge in [-0.05, 0) is 61.7 Å². The monoisotopic (exact) mass is 446 g/mol. The number of nitrogens with zero attached hydrogens (tertiary/aromatic N) is 1. The van der Waals surface area contributed by atoms with Crippen molar-refractivity contribution < 1.29 is 14.3 Å². The Morgan fingerprint density at radius 3 is 2.31 bits per heavy atom. The molecule has 0 saturated carbocycles. The SMILES string of the molecule is COc1ccccc1N1C(=O)C(Nc2ccc(C)c(Cl)c2)=C(c2ccc(C)cc2C)C1=O. The molecule has 0 bridgehead atoms. The van der Waals surface area contributed by atoms with Gasteiger partial charge in [-0.1, -0.05) is 53.6 Å². The van der Waals surface area contributed by atoms with Crippen molar-refractivity contribution in [1.82, 2.24) is 0 Å². The molecule has 3 aromatic rings. The maximum absolute atomic E-state index is 13.7. The first kappa shape index (κ1) is 21.7. The zero-order valence-electron chi connectivity index (χ0n) is 18.3. The lowest BCUT2D eigenvalue weighted by Gasteiger charge is -2.18. The lowest BCUT2D eigenvalue weighted by molar-refractivity contribution is -0.120. The smallest absolute Gasteiger partial charge is 0.282 e. The minimum atomic E-state index is -0.453. The molecule has 0 radical (unpaired) electrons. The Hall–Kier alpha value is -3.57. The molecule has 2 amide bonds. The van der Waals surface area contributed by atoms with E-state index in [9.17, 15) is 9.59 Å². The van der Waals surface area contributed by atoms with Crippen LogP contribution >= 0.6 is 11.6 Å². The standard InChI is InChI=1S/C26H23ClN2O3/c1-15-9-12-19(17(3)13-15)23-24(28-18-11-10-16(2)20(27)14-18)26(31)29(25(23)30)21-7-5-6-8-22(21)32-4/h5-14,28H,1-4H3. The van der Waals surface area contributed by atoms with Crippen molar-refractivity contribution in [1.29, 1.82) is 0 Å². The zero-order chi connectivity index (χ0) is 23.0. The molecule has 0 fully saturated rings. The second kappa shape index (κ2) is 8.52.